The zero-order valence-electron chi connectivity index (χ0n) is 9.82. The molecule has 0 saturated heterocycles. The Morgan fingerprint density at radius 1 is 1.71 bits per heavy atom. The number of thioether (sulfide) groups is 1. The monoisotopic (exact) mass is 269 g/mol. The molecule has 1 atom stereocenters. The first-order chi connectivity index (χ1) is 8.17. The predicted octanol–water partition coefficient (Wildman–Crippen LogP) is 1.57. The largest absolute Gasteiger partial charge is 0.384 e. The van der Waals surface area contributed by atoms with E-state index in [0.29, 0.717) is 5.56 Å². The van der Waals surface area contributed by atoms with Gasteiger partial charge < -0.3 is 10.4 Å². The molecule has 0 saturated carbocycles. The van der Waals surface area contributed by atoms with Crippen LogP contribution in [0, 0.1) is 11.8 Å². The Hall–Kier alpha value is -0.960. The molecule has 5 heteroatoms. The number of hydrogen-bond donors (Lipinski definition) is 2. The predicted molar refractivity (Wildman–Crippen MR) is 73.6 cm³/mol. The summed E-state index contributed by atoms with van der Waals surface area (Å²) in [6.45, 7) is 1.82. The highest BCUT2D eigenvalue weighted by Crippen LogP contribution is 2.13. The number of carbonyl (C=O) groups excluding carboxylic acids is 1. The van der Waals surface area contributed by atoms with Gasteiger partial charge in [0.05, 0.1) is 10.4 Å². The fraction of sp³-hybridized carbons (Fsp3) is 0.417. The van der Waals surface area contributed by atoms with E-state index in [2.05, 4.69) is 17.2 Å². The number of hydrogen-bond acceptors (Lipinski definition) is 4. The number of aliphatic hydroxyl groups excluding tert-OH is 1. The summed E-state index contributed by atoms with van der Waals surface area (Å²) in [6.07, 6.45) is 2.01. The van der Waals surface area contributed by atoms with Crippen LogP contribution in [0.15, 0.2) is 11.4 Å². The van der Waals surface area contributed by atoms with Crippen molar-refractivity contribution < 1.29 is 9.90 Å². The zero-order chi connectivity index (χ0) is 12.7. The summed E-state index contributed by atoms with van der Waals surface area (Å²) in [6, 6.07) is 1.90. The fourth-order valence-electron chi connectivity index (χ4n) is 1.25. The summed E-state index contributed by atoms with van der Waals surface area (Å²) >= 11 is 3.11. The first kappa shape index (κ1) is 14.1. The van der Waals surface area contributed by atoms with Gasteiger partial charge >= 0.3 is 0 Å². The van der Waals surface area contributed by atoms with E-state index in [4.69, 9.17) is 5.11 Å². The van der Waals surface area contributed by atoms with Gasteiger partial charge in [-0.05, 0) is 19.2 Å². The van der Waals surface area contributed by atoms with E-state index in [1.54, 1.807) is 23.2 Å². The van der Waals surface area contributed by atoms with E-state index in [-0.39, 0.29) is 18.6 Å². The Bertz CT molecular complexity index is 431. The van der Waals surface area contributed by atoms with Crippen LogP contribution in [0.4, 0.5) is 0 Å². The van der Waals surface area contributed by atoms with E-state index >= 15 is 0 Å². The van der Waals surface area contributed by atoms with Gasteiger partial charge in [0.1, 0.15) is 6.61 Å². The number of amides is 1. The minimum Gasteiger partial charge on any atom is -0.384 e. The third kappa shape index (κ3) is 4.82. The molecule has 2 N–H and O–H groups in total. The van der Waals surface area contributed by atoms with Crippen molar-refractivity contribution in [2.45, 2.75) is 13.0 Å². The van der Waals surface area contributed by atoms with Crippen LogP contribution < -0.4 is 5.32 Å². The topological polar surface area (TPSA) is 49.3 Å². The summed E-state index contributed by atoms with van der Waals surface area (Å²) in [5.41, 5.74) is 0.630. The summed E-state index contributed by atoms with van der Waals surface area (Å²) in [7, 11) is 0. The maximum absolute atomic E-state index is 11.8. The van der Waals surface area contributed by atoms with Crippen molar-refractivity contribution in [3.05, 3.63) is 21.9 Å². The van der Waals surface area contributed by atoms with Gasteiger partial charge in [0.25, 0.3) is 5.91 Å². The quantitative estimate of drug-likeness (QED) is 0.816. The Balaban J connectivity index is 2.60. The molecule has 0 aliphatic heterocycles. The minimum absolute atomic E-state index is 0.0696. The fourth-order valence-corrected chi connectivity index (χ4v) is 2.58. The highest BCUT2D eigenvalue weighted by Gasteiger charge is 2.10. The number of rotatable bonds is 4. The standard InChI is InChI=1S/C12H15NO2S2/c1-9(7-16-2)13-12(15)10-6-11(17-8-10)4-3-5-14/h6,8-9,14H,5,7H2,1-2H3,(H,13,15). The van der Waals surface area contributed by atoms with Gasteiger partial charge in [-0.15, -0.1) is 11.3 Å². The highest BCUT2D eigenvalue weighted by molar-refractivity contribution is 7.98. The normalized spacial score (nSPS) is 11.5. The molecule has 1 heterocycles. The van der Waals surface area contributed by atoms with Gasteiger partial charge in [-0.3, -0.25) is 4.79 Å². The van der Waals surface area contributed by atoms with Crippen molar-refractivity contribution in [1.29, 1.82) is 0 Å². The van der Waals surface area contributed by atoms with Crippen LogP contribution in [0.5, 0.6) is 0 Å². The lowest BCUT2D eigenvalue weighted by atomic mass is 10.2. The van der Waals surface area contributed by atoms with Crippen LogP contribution >= 0.6 is 23.1 Å². The van der Waals surface area contributed by atoms with Gasteiger partial charge in [0, 0.05) is 17.2 Å². The molecule has 0 aromatic carbocycles. The average Bonchev–Trinajstić information content (AvgIpc) is 2.75. The van der Waals surface area contributed by atoms with Gasteiger partial charge in [-0.25, -0.2) is 0 Å². The summed E-state index contributed by atoms with van der Waals surface area (Å²) in [5, 5.41) is 13.3. The Labute approximate surface area is 110 Å². The second-order valence-corrected chi connectivity index (χ2v) is 5.31. The SMILES string of the molecule is CSCC(C)NC(=O)c1csc(C#CCO)c1. The number of aliphatic hydroxyl groups is 1. The first-order valence-electron chi connectivity index (χ1n) is 5.15. The lowest BCUT2D eigenvalue weighted by Crippen LogP contribution is -2.33. The number of thiophene rings is 1. The molecule has 0 aliphatic carbocycles. The molecule has 1 amide bonds. The van der Waals surface area contributed by atoms with Crippen LogP contribution in [0.1, 0.15) is 22.2 Å². The van der Waals surface area contributed by atoms with Gasteiger partial charge in [-0.2, -0.15) is 11.8 Å². The molecule has 1 unspecified atom stereocenters. The van der Waals surface area contributed by atoms with Crippen LogP contribution in [0.3, 0.4) is 0 Å². The van der Waals surface area contributed by atoms with Crippen LogP contribution in [0.25, 0.3) is 0 Å². The van der Waals surface area contributed by atoms with Crippen LogP contribution in [-0.4, -0.2) is 35.7 Å². The van der Waals surface area contributed by atoms with E-state index in [1.165, 1.54) is 11.3 Å². The molecule has 3 nitrogen and oxygen atoms in total. The molecule has 1 rings (SSSR count). The maximum Gasteiger partial charge on any atom is 0.252 e. The summed E-state index contributed by atoms with van der Waals surface area (Å²) < 4.78 is 0. The smallest absolute Gasteiger partial charge is 0.252 e. The zero-order valence-corrected chi connectivity index (χ0v) is 11.5. The maximum atomic E-state index is 11.8. The average molecular weight is 269 g/mol. The second kappa shape index (κ2) is 7.38. The molecule has 0 radical (unpaired) electrons. The third-order valence-corrected chi connectivity index (χ3v) is 3.63. The van der Waals surface area contributed by atoms with Gasteiger partial charge in [0.15, 0.2) is 0 Å². The molecule has 1 aromatic rings. The molecule has 0 bridgehead atoms. The molecule has 0 aliphatic rings. The first-order valence-corrected chi connectivity index (χ1v) is 7.42. The van der Waals surface area contributed by atoms with Crippen molar-refractivity contribution >= 4 is 29.0 Å². The van der Waals surface area contributed by atoms with Crippen molar-refractivity contribution in [3.63, 3.8) is 0 Å². The summed E-state index contributed by atoms with van der Waals surface area (Å²) in [4.78, 5) is 12.6. The third-order valence-electron chi connectivity index (χ3n) is 1.95. The Kier molecular flexibility index (Phi) is 6.12. The lowest BCUT2D eigenvalue weighted by molar-refractivity contribution is 0.0944. The van der Waals surface area contributed by atoms with Crippen molar-refractivity contribution in [1.82, 2.24) is 5.32 Å². The highest BCUT2D eigenvalue weighted by atomic mass is 32.2. The van der Waals surface area contributed by atoms with Crippen molar-refractivity contribution in [2.24, 2.45) is 0 Å². The number of nitrogens with one attached hydrogen (secondary N) is 1. The Morgan fingerprint density at radius 2 is 2.47 bits per heavy atom. The number of carbonyl (C=O) groups is 1. The second-order valence-electron chi connectivity index (χ2n) is 3.49. The molecular formula is C12H15NO2S2. The van der Waals surface area contributed by atoms with Gasteiger partial charge in [0.2, 0.25) is 0 Å². The molecule has 92 valence electrons. The van der Waals surface area contributed by atoms with E-state index in [1.807, 2.05) is 13.2 Å². The lowest BCUT2D eigenvalue weighted by Gasteiger charge is -2.11. The van der Waals surface area contributed by atoms with Crippen LogP contribution in [-0.2, 0) is 0 Å². The van der Waals surface area contributed by atoms with E-state index in [0.717, 1.165) is 10.6 Å². The molecular weight excluding hydrogens is 254 g/mol. The van der Waals surface area contributed by atoms with Crippen LogP contribution in [0.2, 0.25) is 0 Å². The van der Waals surface area contributed by atoms with E-state index < -0.39 is 0 Å². The molecule has 0 spiro atoms. The van der Waals surface area contributed by atoms with Gasteiger partial charge in [-0.1, -0.05) is 11.8 Å². The molecule has 1 aromatic heterocycles. The van der Waals surface area contributed by atoms with E-state index in [9.17, 15) is 4.79 Å². The summed E-state index contributed by atoms with van der Waals surface area (Å²) in [5.74, 6) is 6.17. The minimum atomic E-state index is -0.163. The van der Waals surface area contributed by atoms with Crippen molar-refractivity contribution in [3.8, 4) is 11.8 Å². The molecule has 0 fully saturated rings. The molecule has 17 heavy (non-hydrogen) atoms. The van der Waals surface area contributed by atoms with Crippen molar-refractivity contribution in [2.75, 3.05) is 18.6 Å². The Morgan fingerprint density at radius 3 is 3.12 bits per heavy atom.